The van der Waals surface area contributed by atoms with E-state index in [1.165, 1.54) is 0 Å². The van der Waals surface area contributed by atoms with Crippen LogP contribution in [0.5, 0.6) is 11.5 Å². The molecule has 0 saturated heterocycles. The molecule has 98 valence electrons. The number of aliphatic hydroxyl groups excluding tert-OH is 1. The molecule has 3 rings (SSSR count). The van der Waals surface area contributed by atoms with Crippen molar-refractivity contribution in [1.82, 2.24) is 0 Å². The molecule has 0 radical (unpaired) electrons. The van der Waals surface area contributed by atoms with E-state index in [1.54, 1.807) is 42.5 Å². The first-order valence-electron chi connectivity index (χ1n) is 6.14. The standard InChI is InChI=1S/C15H15NO3/c16-10-3-6-12-14(7-10)19-8-13(15(12)18)9-1-4-11(17)5-2-9/h1-7,13,15,17-18H,8,16H2. The molecule has 2 aromatic carbocycles. The summed E-state index contributed by atoms with van der Waals surface area (Å²) < 4.78 is 5.67. The molecule has 1 aliphatic heterocycles. The highest BCUT2D eigenvalue weighted by Gasteiger charge is 2.30. The molecular weight excluding hydrogens is 242 g/mol. The maximum Gasteiger partial charge on any atom is 0.127 e. The third-order valence-electron chi connectivity index (χ3n) is 3.48. The van der Waals surface area contributed by atoms with Crippen molar-refractivity contribution in [3.63, 3.8) is 0 Å². The summed E-state index contributed by atoms with van der Waals surface area (Å²) in [6.45, 7) is 0.391. The first-order chi connectivity index (χ1) is 9.15. The fourth-order valence-electron chi connectivity index (χ4n) is 2.41. The van der Waals surface area contributed by atoms with E-state index in [-0.39, 0.29) is 11.7 Å². The van der Waals surface area contributed by atoms with Crippen molar-refractivity contribution in [1.29, 1.82) is 0 Å². The molecule has 0 fully saturated rings. The number of nitrogens with two attached hydrogens (primary N) is 1. The van der Waals surface area contributed by atoms with E-state index in [2.05, 4.69) is 0 Å². The minimum absolute atomic E-state index is 0.142. The highest BCUT2D eigenvalue weighted by molar-refractivity contribution is 5.51. The molecule has 1 aliphatic rings. The Kier molecular flexibility index (Phi) is 2.80. The zero-order valence-corrected chi connectivity index (χ0v) is 10.3. The van der Waals surface area contributed by atoms with E-state index in [0.29, 0.717) is 18.0 Å². The zero-order chi connectivity index (χ0) is 13.4. The second-order valence-corrected chi connectivity index (χ2v) is 4.75. The minimum Gasteiger partial charge on any atom is -0.508 e. The van der Waals surface area contributed by atoms with E-state index < -0.39 is 6.10 Å². The predicted octanol–water partition coefficient (Wildman–Crippen LogP) is 2.18. The number of nitrogen functional groups attached to an aromatic ring is 1. The second kappa shape index (κ2) is 4.48. The van der Waals surface area contributed by atoms with Gasteiger partial charge in [-0.1, -0.05) is 18.2 Å². The number of aliphatic hydroxyl groups is 1. The summed E-state index contributed by atoms with van der Waals surface area (Å²) in [4.78, 5) is 0. The summed E-state index contributed by atoms with van der Waals surface area (Å²) in [6.07, 6.45) is -0.631. The van der Waals surface area contributed by atoms with Crippen LogP contribution < -0.4 is 10.5 Å². The molecule has 0 saturated carbocycles. The van der Waals surface area contributed by atoms with Gasteiger partial charge >= 0.3 is 0 Å². The predicted molar refractivity (Wildman–Crippen MR) is 72.2 cm³/mol. The molecule has 4 N–H and O–H groups in total. The SMILES string of the molecule is Nc1ccc2c(c1)OCC(c1ccc(O)cc1)C2O. The zero-order valence-electron chi connectivity index (χ0n) is 10.3. The van der Waals surface area contributed by atoms with Crippen LogP contribution in [0.3, 0.4) is 0 Å². The number of anilines is 1. The van der Waals surface area contributed by atoms with Crippen molar-refractivity contribution >= 4 is 5.69 Å². The molecule has 2 aromatic rings. The lowest BCUT2D eigenvalue weighted by Gasteiger charge is -2.30. The number of phenolic OH excluding ortho intramolecular Hbond substituents is 1. The fourth-order valence-corrected chi connectivity index (χ4v) is 2.41. The molecule has 2 unspecified atom stereocenters. The summed E-state index contributed by atoms with van der Waals surface area (Å²) in [5.41, 5.74) is 8.01. The van der Waals surface area contributed by atoms with Crippen LogP contribution in [0.1, 0.15) is 23.1 Å². The summed E-state index contributed by atoms with van der Waals surface area (Å²) >= 11 is 0. The van der Waals surface area contributed by atoms with Crippen LogP contribution >= 0.6 is 0 Å². The van der Waals surface area contributed by atoms with E-state index in [9.17, 15) is 10.2 Å². The Morgan fingerprint density at radius 3 is 2.58 bits per heavy atom. The van der Waals surface area contributed by atoms with Gasteiger partial charge in [0, 0.05) is 23.2 Å². The normalized spacial score (nSPS) is 21.5. The van der Waals surface area contributed by atoms with Gasteiger partial charge in [0.25, 0.3) is 0 Å². The van der Waals surface area contributed by atoms with Crippen molar-refractivity contribution in [3.05, 3.63) is 53.6 Å². The van der Waals surface area contributed by atoms with E-state index in [0.717, 1.165) is 11.1 Å². The van der Waals surface area contributed by atoms with Crippen molar-refractivity contribution in [2.75, 3.05) is 12.3 Å². The van der Waals surface area contributed by atoms with Crippen LogP contribution in [0.4, 0.5) is 5.69 Å². The Labute approximate surface area is 111 Å². The lowest BCUT2D eigenvalue weighted by molar-refractivity contribution is 0.0890. The number of benzene rings is 2. The lowest BCUT2D eigenvalue weighted by atomic mass is 9.87. The monoisotopic (exact) mass is 257 g/mol. The highest BCUT2D eigenvalue weighted by atomic mass is 16.5. The summed E-state index contributed by atoms with van der Waals surface area (Å²) in [5, 5.41) is 19.8. The molecule has 0 aliphatic carbocycles. The molecule has 0 aromatic heterocycles. The Morgan fingerprint density at radius 1 is 1.11 bits per heavy atom. The number of phenols is 1. The first-order valence-corrected chi connectivity index (χ1v) is 6.14. The van der Waals surface area contributed by atoms with Crippen LogP contribution in [0.2, 0.25) is 0 Å². The molecule has 0 amide bonds. The van der Waals surface area contributed by atoms with E-state index in [4.69, 9.17) is 10.5 Å². The number of hydrogen-bond acceptors (Lipinski definition) is 4. The van der Waals surface area contributed by atoms with Crippen LogP contribution in [0.25, 0.3) is 0 Å². The van der Waals surface area contributed by atoms with Gasteiger partial charge in [0.2, 0.25) is 0 Å². The number of ether oxygens (including phenoxy) is 1. The second-order valence-electron chi connectivity index (χ2n) is 4.75. The van der Waals surface area contributed by atoms with E-state index >= 15 is 0 Å². The molecule has 1 heterocycles. The Hall–Kier alpha value is -2.20. The Morgan fingerprint density at radius 2 is 1.84 bits per heavy atom. The number of aromatic hydroxyl groups is 1. The van der Waals surface area contributed by atoms with Gasteiger partial charge in [0.05, 0.1) is 12.7 Å². The van der Waals surface area contributed by atoms with Crippen molar-refractivity contribution < 1.29 is 14.9 Å². The van der Waals surface area contributed by atoms with Gasteiger partial charge < -0.3 is 20.7 Å². The Bertz CT molecular complexity index is 595. The molecule has 0 spiro atoms. The molecule has 19 heavy (non-hydrogen) atoms. The smallest absolute Gasteiger partial charge is 0.127 e. The van der Waals surface area contributed by atoms with Crippen LogP contribution in [0.15, 0.2) is 42.5 Å². The topological polar surface area (TPSA) is 75.7 Å². The summed E-state index contributed by atoms with van der Waals surface area (Å²) in [6, 6.07) is 12.1. The fraction of sp³-hybridized carbons (Fsp3) is 0.200. The minimum atomic E-state index is -0.631. The third-order valence-corrected chi connectivity index (χ3v) is 3.48. The highest BCUT2D eigenvalue weighted by Crippen LogP contribution is 2.41. The molecule has 4 nitrogen and oxygen atoms in total. The van der Waals surface area contributed by atoms with Gasteiger partial charge in [0.15, 0.2) is 0 Å². The van der Waals surface area contributed by atoms with Gasteiger partial charge in [0.1, 0.15) is 11.5 Å². The van der Waals surface area contributed by atoms with Crippen molar-refractivity contribution in [2.45, 2.75) is 12.0 Å². The van der Waals surface area contributed by atoms with Crippen LogP contribution in [-0.4, -0.2) is 16.8 Å². The largest absolute Gasteiger partial charge is 0.508 e. The molecular formula is C15H15NO3. The van der Waals surface area contributed by atoms with Gasteiger partial charge in [-0.25, -0.2) is 0 Å². The third kappa shape index (κ3) is 2.11. The first kappa shape index (κ1) is 11.9. The maximum atomic E-state index is 10.5. The van der Waals surface area contributed by atoms with Gasteiger partial charge in [-0.2, -0.15) is 0 Å². The van der Waals surface area contributed by atoms with Crippen molar-refractivity contribution in [3.8, 4) is 11.5 Å². The maximum absolute atomic E-state index is 10.5. The number of hydrogen-bond donors (Lipinski definition) is 3. The quantitative estimate of drug-likeness (QED) is 0.684. The Balaban J connectivity index is 1.95. The summed E-state index contributed by atoms with van der Waals surface area (Å²) in [7, 11) is 0. The van der Waals surface area contributed by atoms with Crippen LogP contribution in [-0.2, 0) is 0 Å². The van der Waals surface area contributed by atoms with Gasteiger partial charge in [-0.3, -0.25) is 0 Å². The molecule has 4 heteroatoms. The molecule has 0 bridgehead atoms. The van der Waals surface area contributed by atoms with Crippen molar-refractivity contribution in [2.24, 2.45) is 0 Å². The molecule has 2 atom stereocenters. The van der Waals surface area contributed by atoms with Gasteiger partial charge in [-0.05, 0) is 23.8 Å². The van der Waals surface area contributed by atoms with E-state index in [1.807, 2.05) is 0 Å². The van der Waals surface area contributed by atoms with Crippen LogP contribution in [0, 0.1) is 0 Å². The number of fused-ring (bicyclic) bond motifs is 1. The number of rotatable bonds is 1. The average Bonchev–Trinajstić information content (AvgIpc) is 2.40. The summed E-state index contributed by atoms with van der Waals surface area (Å²) in [5.74, 6) is 0.711. The lowest BCUT2D eigenvalue weighted by Crippen LogP contribution is -2.24. The average molecular weight is 257 g/mol. The van der Waals surface area contributed by atoms with Gasteiger partial charge in [-0.15, -0.1) is 0 Å².